The van der Waals surface area contributed by atoms with Crippen LogP contribution in [0.1, 0.15) is 12.8 Å². The van der Waals surface area contributed by atoms with Gasteiger partial charge < -0.3 is 10.0 Å². The Kier molecular flexibility index (Phi) is 14.0. The van der Waals surface area contributed by atoms with Crippen LogP contribution in [0.3, 0.4) is 0 Å². The summed E-state index contributed by atoms with van der Waals surface area (Å²) in [5.74, 6) is 0. The Morgan fingerprint density at radius 1 is 1.11 bits per heavy atom. The molecule has 3 heteroatoms. The largest absolute Gasteiger partial charge is 1.00 e. The molecule has 9 heavy (non-hydrogen) atoms. The van der Waals surface area contributed by atoms with E-state index in [4.69, 9.17) is 5.11 Å². The van der Waals surface area contributed by atoms with Crippen LogP contribution in [0.5, 0.6) is 0 Å². The van der Waals surface area contributed by atoms with Gasteiger partial charge in [-0.1, -0.05) is 0 Å². The Balaban J connectivity index is 0. The van der Waals surface area contributed by atoms with Crippen LogP contribution in [0.2, 0.25) is 0 Å². The quantitative estimate of drug-likeness (QED) is 0.342. The molecule has 0 atom stereocenters. The fourth-order valence-electron chi connectivity index (χ4n) is 0.875. The van der Waals surface area contributed by atoms with Gasteiger partial charge in [-0.05, 0) is 33.0 Å². The van der Waals surface area contributed by atoms with Gasteiger partial charge in [-0.15, -0.1) is 0 Å². The van der Waals surface area contributed by atoms with Crippen LogP contribution in [0.4, 0.5) is 0 Å². The monoisotopic (exact) mass is 155 g/mol. The van der Waals surface area contributed by atoms with Crippen molar-refractivity contribution >= 4 is 0 Å². The van der Waals surface area contributed by atoms with E-state index in [0.717, 1.165) is 7.11 Å². The van der Waals surface area contributed by atoms with E-state index in [-0.39, 0.29) is 51.4 Å². The third-order valence-electron chi connectivity index (χ3n) is 1.33. The van der Waals surface area contributed by atoms with E-state index < -0.39 is 0 Å². The van der Waals surface area contributed by atoms with Crippen LogP contribution < -0.4 is 56.5 Å². The first-order chi connectivity index (χ1) is 3.89. The van der Waals surface area contributed by atoms with Crippen molar-refractivity contribution < 1.29 is 56.5 Å². The first-order valence-corrected chi connectivity index (χ1v) is 2.99. The number of hydrogen-bond donors (Lipinski definition) is 0. The second-order valence-corrected chi connectivity index (χ2v) is 2.01. The minimum Gasteiger partial charge on any atom is -0.857 e. The van der Waals surface area contributed by atoms with E-state index in [1.807, 2.05) is 0 Å². The number of likely N-dealkylation sites (tertiary alicyclic amines) is 1. The number of hydrogen-bond acceptors (Lipinski definition) is 2. The van der Waals surface area contributed by atoms with Gasteiger partial charge in [0.05, 0.1) is 0 Å². The molecule has 0 aliphatic carbocycles. The van der Waals surface area contributed by atoms with Crippen molar-refractivity contribution in [1.29, 1.82) is 0 Å². The normalized spacial score (nSPS) is 17.7. The van der Waals surface area contributed by atoms with Gasteiger partial charge in [0.25, 0.3) is 0 Å². The number of nitrogens with zero attached hydrogens (tertiary/aromatic N) is 1. The molecule has 1 aliphatic heterocycles. The van der Waals surface area contributed by atoms with Gasteiger partial charge in [-0.3, -0.25) is 0 Å². The van der Waals surface area contributed by atoms with E-state index in [1.54, 1.807) is 0 Å². The molecule has 50 valence electrons. The van der Waals surface area contributed by atoms with Crippen molar-refractivity contribution in [2.24, 2.45) is 0 Å². The molecule has 0 saturated carbocycles. The van der Waals surface area contributed by atoms with Crippen molar-refractivity contribution in [3.05, 3.63) is 0 Å². The Bertz CT molecular complexity index is 46.3. The van der Waals surface area contributed by atoms with E-state index in [9.17, 15) is 0 Å². The van der Waals surface area contributed by atoms with Gasteiger partial charge in [0.2, 0.25) is 0 Å². The maximum absolute atomic E-state index is 8.25. The summed E-state index contributed by atoms with van der Waals surface area (Å²) in [5, 5.41) is 8.25. The molecule has 0 amide bonds. The third-order valence-corrected chi connectivity index (χ3v) is 1.33. The summed E-state index contributed by atoms with van der Waals surface area (Å²) in [7, 11) is 2.92. The molecule has 0 bridgehead atoms. The predicted octanol–water partition coefficient (Wildman–Crippen LogP) is -3.31. The Hall–Kier alpha value is 1.56. The van der Waals surface area contributed by atoms with Crippen molar-refractivity contribution in [1.82, 2.24) is 4.90 Å². The van der Waals surface area contributed by atoms with Crippen LogP contribution in [0.25, 0.3) is 0 Å². The average Bonchev–Trinajstić information content (AvgIpc) is 2.24. The third kappa shape index (κ3) is 7.45. The van der Waals surface area contributed by atoms with Crippen molar-refractivity contribution in [3.8, 4) is 0 Å². The molecular formula is C6H14KNO. The molecule has 1 aliphatic rings. The van der Waals surface area contributed by atoms with E-state index >= 15 is 0 Å². The first kappa shape index (κ1) is 13.2. The van der Waals surface area contributed by atoms with Crippen LogP contribution in [-0.4, -0.2) is 32.1 Å². The molecular weight excluding hydrogens is 141 g/mol. The molecule has 0 aromatic carbocycles. The molecule has 1 heterocycles. The molecule has 0 aromatic rings. The predicted molar refractivity (Wildman–Crippen MR) is 32.7 cm³/mol. The zero-order valence-electron chi connectivity index (χ0n) is 6.68. The van der Waals surface area contributed by atoms with Gasteiger partial charge >= 0.3 is 51.4 Å². The maximum Gasteiger partial charge on any atom is 1.00 e. The first-order valence-electron chi connectivity index (χ1n) is 2.99. The van der Waals surface area contributed by atoms with Gasteiger partial charge in [-0.25, -0.2) is 0 Å². The van der Waals surface area contributed by atoms with Gasteiger partial charge in [0, 0.05) is 0 Å². The molecule has 0 N–H and O–H groups in total. The SMILES string of the molecule is CN1CCCC1.C[O-].[K+]. The molecule has 2 nitrogen and oxygen atoms in total. The summed E-state index contributed by atoms with van der Waals surface area (Å²) >= 11 is 0. The summed E-state index contributed by atoms with van der Waals surface area (Å²) in [5.41, 5.74) is 0. The van der Waals surface area contributed by atoms with Crippen molar-refractivity contribution in [2.45, 2.75) is 12.8 Å². The summed E-state index contributed by atoms with van der Waals surface area (Å²) in [6.07, 6.45) is 2.83. The van der Waals surface area contributed by atoms with Crippen molar-refractivity contribution in [2.75, 3.05) is 27.2 Å². The van der Waals surface area contributed by atoms with E-state index in [2.05, 4.69) is 11.9 Å². The second-order valence-electron chi connectivity index (χ2n) is 2.01. The standard InChI is InChI=1S/C5H11N.CH3O.K/c1-6-4-2-3-5-6;1-2;/h2-5H2,1H3;1H3;/q;-1;+1. The minimum absolute atomic E-state index is 0. The zero-order chi connectivity index (χ0) is 6.41. The molecule has 0 aromatic heterocycles. The molecule has 0 radical (unpaired) electrons. The van der Waals surface area contributed by atoms with Crippen LogP contribution in [0, 0.1) is 0 Å². The Morgan fingerprint density at radius 2 is 1.44 bits per heavy atom. The van der Waals surface area contributed by atoms with Crippen LogP contribution >= 0.6 is 0 Å². The van der Waals surface area contributed by atoms with Crippen LogP contribution in [-0.2, 0) is 0 Å². The maximum atomic E-state index is 8.25. The summed E-state index contributed by atoms with van der Waals surface area (Å²) in [6.45, 7) is 2.64. The fourth-order valence-corrected chi connectivity index (χ4v) is 0.875. The number of rotatable bonds is 0. The molecule has 0 unspecified atom stereocenters. The molecule has 0 spiro atoms. The van der Waals surface area contributed by atoms with Crippen LogP contribution in [0.15, 0.2) is 0 Å². The summed E-state index contributed by atoms with van der Waals surface area (Å²) in [6, 6.07) is 0. The zero-order valence-corrected chi connectivity index (χ0v) is 9.81. The molecule has 1 fully saturated rings. The Morgan fingerprint density at radius 3 is 1.56 bits per heavy atom. The minimum atomic E-state index is 0. The van der Waals surface area contributed by atoms with Gasteiger partial charge in [0.1, 0.15) is 0 Å². The smallest absolute Gasteiger partial charge is 0.857 e. The topological polar surface area (TPSA) is 26.3 Å². The van der Waals surface area contributed by atoms with Gasteiger partial charge in [-0.2, -0.15) is 7.11 Å². The molecule has 1 saturated heterocycles. The fraction of sp³-hybridized carbons (Fsp3) is 1.00. The molecule has 1 rings (SSSR count). The van der Waals surface area contributed by atoms with E-state index in [1.165, 1.54) is 25.9 Å². The average molecular weight is 155 g/mol. The summed E-state index contributed by atoms with van der Waals surface area (Å²) < 4.78 is 0. The van der Waals surface area contributed by atoms with Crippen molar-refractivity contribution in [3.63, 3.8) is 0 Å². The summed E-state index contributed by atoms with van der Waals surface area (Å²) in [4.78, 5) is 2.36. The van der Waals surface area contributed by atoms with Gasteiger partial charge in [0.15, 0.2) is 0 Å². The van der Waals surface area contributed by atoms with E-state index in [0.29, 0.717) is 0 Å². The second kappa shape index (κ2) is 9.56. The Labute approximate surface area is 100 Å².